The van der Waals surface area contributed by atoms with Gasteiger partial charge in [-0.05, 0) is 44.4 Å². The molecule has 1 saturated heterocycles. The molecule has 5 heteroatoms. The molecule has 1 aromatic carbocycles. The van der Waals surface area contributed by atoms with Gasteiger partial charge in [-0.3, -0.25) is 9.59 Å². The molecular formula is C18H26N2O3. The molecule has 0 spiro atoms. The number of ether oxygens (including phenoxy) is 1. The Balaban J connectivity index is 1.90. The van der Waals surface area contributed by atoms with Gasteiger partial charge in [0.05, 0.1) is 7.11 Å². The standard InChI is InChI=1S/C18H26N2O3/c1-4-13(2)19-17(21)14-8-10-20(11-9-14)18(22)15-6-5-7-16(12-15)23-3/h5-7,12-14H,4,8-11H2,1-3H3,(H,19,21)/t13-/m1/s1. The number of carbonyl (C=O) groups excluding carboxylic acids is 2. The van der Waals surface area contributed by atoms with Crippen molar-refractivity contribution in [2.24, 2.45) is 5.92 Å². The molecule has 1 atom stereocenters. The number of piperidine rings is 1. The van der Waals surface area contributed by atoms with Crippen molar-refractivity contribution in [2.45, 2.75) is 39.2 Å². The molecule has 2 rings (SSSR count). The topological polar surface area (TPSA) is 58.6 Å². The second kappa shape index (κ2) is 7.99. The van der Waals surface area contributed by atoms with Gasteiger partial charge in [0.25, 0.3) is 5.91 Å². The molecule has 1 aromatic rings. The summed E-state index contributed by atoms with van der Waals surface area (Å²) in [7, 11) is 1.59. The van der Waals surface area contributed by atoms with Gasteiger partial charge in [-0.2, -0.15) is 0 Å². The Hall–Kier alpha value is -2.04. The van der Waals surface area contributed by atoms with E-state index in [9.17, 15) is 9.59 Å². The number of nitrogens with zero attached hydrogens (tertiary/aromatic N) is 1. The molecule has 0 aliphatic carbocycles. The summed E-state index contributed by atoms with van der Waals surface area (Å²) in [5.74, 6) is 0.814. The van der Waals surface area contributed by atoms with Crippen molar-refractivity contribution in [3.63, 3.8) is 0 Å². The Kier molecular flexibility index (Phi) is 6.02. The van der Waals surface area contributed by atoms with Crippen LogP contribution in [0.15, 0.2) is 24.3 Å². The van der Waals surface area contributed by atoms with Crippen molar-refractivity contribution in [1.29, 1.82) is 0 Å². The van der Waals surface area contributed by atoms with E-state index in [1.165, 1.54) is 0 Å². The molecule has 1 heterocycles. The van der Waals surface area contributed by atoms with Crippen LogP contribution in [0.4, 0.5) is 0 Å². The minimum absolute atomic E-state index is 0.00434. The average Bonchev–Trinajstić information content (AvgIpc) is 2.61. The highest BCUT2D eigenvalue weighted by molar-refractivity contribution is 5.94. The highest BCUT2D eigenvalue weighted by atomic mass is 16.5. The Morgan fingerprint density at radius 1 is 1.35 bits per heavy atom. The van der Waals surface area contributed by atoms with E-state index in [2.05, 4.69) is 12.2 Å². The van der Waals surface area contributed by atoms with Crippen LogP contribution in [0.5, 0.6) is 5.75 Å². The molecule has 0 bridgehead atoms. The van der Waals surface area contributed by atoms with Crippen molar-refractivity contribution in [2.75, 3.05) is 20.2 Å². The van der Waals surface area contributed by atoms with Crippen molar-refractivity contribution < 1.29 is 14.3 Å². The largest absolute Gasteiger partial charge is 0.497 e. The van der Waals surface area contributed by atoms with Gasteiger partial charge in [0.15, 0.2) is 0 Å². The van der Waals surface area contributed by atoms with Crippen LogP contribution in [-0.2, 0) is 4.79 Å². The van der Waals surface area contributed by atoms with Crippen LogP contribution in [0, 0.1) is 5.92 Å². The Morgan fingerprint density at radius 3 is 2.65 bits per heavy atom. The number of hydrogen-bond acceptors (Lipinski definition) is 3. The second-order valence-electron chi connectivity index (χ2n) is 6.12. The predicted octanol–water partition coefficient (Wildman–Crippen LogP) is 2.46. The monoisotopic (exact) mass is 318 g/mol. The molecule has 1 aliphatic heterocycles. The minimum atomic E-state index is 0.00434. The lowest BCUT2D eigenvalue weighted by Gasteiger charge is -2.32. The maximum Gasteiger partial charge on any atom is 0.253 e. The van der Waals surface area contributed by atoms with Crippen molar-refractivity contribution in [1.82, 2.24) is 10.2 Å². The first-order chi connectivity index (χ1) is 11.0. The summed E-state index contributed by atoms with van der Waals surface area (Å²) >= 11 is 0. The van der Waals surface area contributed by atoms with Crippen LogP contribution < -0.4 is 10.1 Å². The van der Waals surface area contributed by atoms with E-state index < -0.39 is 0 Å². The molecule has 1 N–H and O–H groups in total. The molecule has 2 amide bonds. The summed E-state index contributed by atoms with van der Waals surface area (Å²) < 4.78 is 5.16. The highest BCUT2D eigenvalue weighted by Crippen LogP contribution is 2.21. The molecule has 5 nitrogen and oxygen atoms in total. The summed E-state index contributed by atoms with van der Waals surface area (Å²) in [5, 5.41) is 3.03. The van der Waals surface area contributed by atoms with Gasteiger partial charge in [-0.1, -0.05) is 13.0 Å². The fourth-order valence-corrected chi connectivity index (χ4v) is 2.75. The molecule has 0 aromatic heterocycles. The molecular weight excluding hydrogens is 292 g/mol. The molecule has 1 fully saturated rings. The van der Waals surface area contributed by atoms with E-state index >= 15 is 0 Å². The van der Waals surface area contributed by atoms with Gasteiger partial charge in [0, 0.05) is 30.6 Å². The quantitative estimate of drug-likeness (QED) is 0.907. The smallest absolute Gasteiger partial charge is 0.253 e. The summed E-state index contributed by atoms with van der Waals surface area (Å²) in [6.07, 6.45) is 2.37. The number of rotatable bonds is 5. The minimum Gasteiger partial charge on any atom is -0.497 e. The van der Waals surface area contributed by atoms with Gasteiger partial charge in [-0.25, -0.2) is 0 Å². The molecule has 0 unspecified atom stereocenters. The van der Waals surface area contributed by atoms with Crippen LogP contribution in [-0.4, -0.2) is 43.0 Å². The van der Waals surface area contributed by atoms with Gasteiger partial charge < -0.3 is 15.0 Å². The Morgan fingerprint density at radius 2 is 2.04 bits per heavy atom. The maximum absolute atomic E-state index is 12.5. The SMILES string of the molecule is CC[C@@H](C)NC(=O)C1CCN(C(=O)c2cccc(OC)c2)CC1. The molecule has 0 radical (unpaired) electrons. The summed E-state index contributed by atoms with van der Waals surface area (Å²) in [6.45, 7) is 5.31. The number of carbonyl (C=O) groups is 2. The number of nitrogens with one attached hydrogen (secondary N) is 1. The summed E-state index contributed by atoms with van der Waals surface area (Å²) in [6, 6.07) is 7.40. The van der Waals surface area contributed by atoms with Crippen molar-refractivity contribution in [3.05, 3.63) is 29.8 Å². The van der Waals surface area contributed by atoms with E-state index in [-0.39, 0.29) is 23.8 Å². The van der Waals surface area contributed by atoms with Crippen molar-refractivity contribution in [3.8, 4) is 5.75 Å². The third-order valence-electron chi connectivity index (χ3n) is 4.47. The highest BCUT2D eigenvalue weighted by Gasteiger charge is 2.28. The zero-order chi connectivity index (χ0) is 16.8. The van der Waals surface area contributed by atoms with Gasteiger partial charge >= 0.3 is 0 Å². The Labute approximate surface area is 138 Å². The number of hydrogen-bond donors (Lipinski definition) is 1. The van der Waals surface area contributed by atoms with Gasteiger partial charge in [-0.15, -0.1) is 0 Å². The Bertz CT molecular complexity index is 551. The van der Waals surface area contributed by atoms with E-state index in [0.29, 0.717) is 24.4 Å². The number of benzene rings is 1. The van der Waals surface area contributed by atoms with E-state index in [1.54, 1.807) is 19.2 Å². The van der Waals surface area contributed by atoms with Crippen LogP contribution in [0.1, 0.15) is 43.5 Å². The second-order valence-corrected chi connectivity index (χ2v) is 6.12. The summed E-state index contributed by atoms with van der Waals surface area (Å²) in [4.78, 5) is 26.5. The third kappa shape index (κ3) is 4.47. The van der Waals surface area contributed by atoms with Crippen molar-refractivity contribution >= 4 is 11.8 Å². The first-order valence-electron chi connectivity index (χ1n) is 8.28. The van der Waals surface area contributed by atoms with Crippen LogP contribution in [0.2, 0.25) is 0 Å². The predicted molar refractivity (Wildman–Crippen MR) is 89.5 cm³/mol. The molecule has 1 aliphatic rings. The third-order valence-corrected chi connectivity index (χ3v) is 4.47. The number of methoxy groups -OCH3 is 1. The zero-order valence-electron chi connectivity index (χ0n) is 14.2. The maximum atomic E-state index is 12.5. The fraction of sp³-hybridized carbons (Fsp3) is 0.556. The van der Waals surface area contributed by atoms with Crippen LogP contribution in [0.3, 0.4) is 0 Å². The normalized spacial score (nSPS) is 16.7. The number of amides is 2. The fourth-order valence-electron chi connectivity index (χ4n) is 2.75. The van der Waals surface area contributed by atoms with E-state index in [1.807, 2.05) is 24.0 Å². The summed E-state index contributed by atoms with van der Waals surface area (Å²) in [5.41, 5.74) is 0.631. The first-order valence-corrected chi connectivity index (χ1v) is 8.28. The van der Waals surface area contributed by atoms with E-state index in [0.717, 1.165) is 19.3 Å². The molecule has 23 heavy (non-hydrogen) atoms. The average molecular weight is 318 g/mol. The van der Waals surface area contributed by atoms with Gasteiger partial charge in [0.2, 0.25) is 5.91 Å². The van der Waals surface area contributed by atoms with Gasteiger partial charge in [0.1, 0.15) is 5.75 Å². The lowest BCUT2D eigenvalue weighted by atomic mass is 9.95. The van der Waals surface area contributed by atoms with Crippen LogP contribution in [0.25, 0.3) is 0 Å². The van der Waals surface area contributed by atoms with Crippen LogP contribution >= 0.6 is 0 Å². The number of likely N-dealkylation sites (tertiary alicyclic amines) is 1. The lowest BCUT2D eigenvalue weighted by Crippen LogP contribution is -2.44. The molecule has 126 valence electrons. The lowest BCUT2D eigenvalue weighted by molar-refractivity contribution is -0.126. The van der Waals surface area contributed by atoms with E-state index in [4.69, 9.17) is 4.74 Å². The first kappa shape index (κ1) is 17.3. The molecule has 0 saturated carbocycles. The zero-order valence-corrected chi connectivity index (χ0v) is 14.2.